The Labute approximate surface area is 121 Å². The third-order valence-electron chi connectivity index (χ3n) is 3.52. The maximum absolute atomic E-state index is 13.2. The molecule has 0 fully saturated rings. The highest BCUT2D eigenvalue weighted by atomic mass is 79.9. The lowest BCUT2D eigenvalue weighted by molar-refractivity contribution is -0.149. The van der Waals surface area contributed by atoms with Crippen molar-refractivity contribution in [2.24, 2.45) is 5.41 Å². The van der Waals surface area contributed by atoms with Crippen molar-refractivity contribution in [1.82, 2.24) is 5.32 Å². The SMILES string of the molecule is CCC(CC)(CNCc1cc(F)cc(Br)c1)C(=O)O. The number of aliphatic carboxylic acids is 1. The van der Waals surface area contributed by atoms with Gasteiger partial charge in [-0.25, -0.2) is 4.39 Å². The lowest BCUT2D eigenvalue weighted by Crippen LogP contribution is -2.40. The molecular formula is C14H19BrFNO2. The van der Waals surface area contributed by atoms with Crippen molar-refractivity contribution in [2.45, 2.75) is 33.2 Å². The van der Waals surface area contributed by atoms with E-state index in [9.17, 15) is 14.3 Å². The Kier molecular flexibility index (Phi) is 5.94. The van der Waals surface area contributed by atoms with Gasteiger partial charge in [0.15, 0.2) is 0 Å². The first-order chi connectivity index (χ1) is 8.93. The molecule has 0 aromatic heterocycles. The summed E-state index contributed by atoms with van der Waals surface area (Å²) in [7, 11) is 0. The lowest BCUT2D eigenvalue weighted by Gasteiger charge is -2.27. The second-order valence-electron chi connectivity index (χ2n) is 4.67. The van der Waals surface area contributed by atoms with Crippen molar-refractivity contribution in [1.29, 1.82) is 0 Å². The number of benzene rings is 1. The van der Waals surface area contributed by atoms with Crippen molar-refractivity contribution in [3.05, 3.63) is 34.1 Å². The predicted octanol–water partition coefficient (Wildman–Crippen LogP) is 3.57. The minimum Gasteiger partial charge on any atom is -0.481 e. The number of carboxylic acids is 1. The van der Waals surface area contributed by atoms with Crippen LogP contribution in [0.25, 0.3) is 0 Å². The zero-order chi connectivity index (χ0) is 14.5. The Morgan fingerprint density at radius 3 is 2.47 bits per heavy atom. The van der Waals surface area contributed by atoms with E-state index >= 15 is 0 Å². The van der Waals surface area contributed by atoms with Crippen LogP contribution >= 0.6 is 15.9 Å². The molecule has 0 amide bonds. The topological polar surface area (TPSA) is 49.3 Å². The highest BCUT2D eigenvalue weighted by Gasteiger charge is 2.34. The third kappa shape index (κ3) is 4.28. The van der Waals surface area contributed by atoms with E-state index in [1.54, 1.807) is 0 Å². The quantitative estimate of drug-likeness (QED) is 0.803. The van der Waals surface area contributed by atoms with Gasteiger partial charge in [0.1, 0.15) is 5.82 Å². The standard InChI is InChI=1S/C14H19BrFNO2/c1-3-14(4-2,13(18)19)9-17-8-10-5-11(15)7-12(16)6-10/h5-7,17H,3-4,8-9H2,1-2H3,(H,18,19). The van der Waals surface area contributed by atoms with E-state index in [0.29, 0.717) is 30.4 Å². The fourth-order valence-corrected chi connectivity index (χ4v) is 2.55. The average molecular weight is 332 g/mol. The number of hydrogen-bond donors (Lipinski definition) is 2. The Hall–Kier alpha value is -0.940. The summed E-state index contributed by atoms with van der Waals surface area (Å²) in [4.78, 5) is 11.3. The first-order valence-corrected chi connectivity index (χ1v) is 7.12. The maximum atomic E-state index is 13.2. The van der Waals surface area contributed by atoms with Crippen molar-refractivity contribution < 1.29 is 14.3 Å². The molecule has 5 heteroatoms. The number of nitrogens with one attached hydrogen (secondary N) is 1. The third-order valence-corrected chi connectivity index (χ3v) is 3.98. The van der Waals surface area contributed by atoms with E-state index in [1.807, 2.05) is 19.9 Å². The second-order valence-corrected chi connectivity index (χ2v) is 5.59. The zero-order valence-corrected chi connectivity index (χ0v) is 12.8. The molecule has 1 aromatic rings. The van der Waals surface area contributed by atoms with Crippen LogP contribution in [0.1, 0.15) is 32.3 Å². The molecule has 0 aliphatic carbocycles. The number of halogens is 2. The van der Waals surface area contributed by atoms with Gasteiger partial charge in [-0.15, -0.1) is 0 Å². The molecule has 1 aromatic carbocycles. The molecule has 0 aliphatic heterocycles. The Morgan fingerprint density at radius 1 is 1.37 bits per heavy atom. The zero-order valence-electron chi connectivity index (χ0n) is 11.2. The molecule has 0 heterocycles. The van der Waals surface area contributed by atoms with Crippen molar-refractivity contribution in [2.75, 3.05) is 6.54 Å². The van der Waals surface area contributed by atoms with E-state index in [1.165, 1.54) is 12.1 Å². The van der Waals surface area contributed by atoms with Crippen LogP contribution in [-0.4, -0.2) is 17.6 Å². The van der Waals surface area contributed by atoms with Gasteiger partial charge < -0.3 is 10.4 Å². The maximum Gasteiger partial charge on any atom is 0.310 e. The number of rotatable bonds is 7. The van der Waals surface area contributed by atoms with Crippen molar-refractivity contribution >= 4 is 21.9 Å². The predicted molar refractivity (Wildman–Crippen MR) is 76.5 cm³/mol. The van der Waals surface area contributed by atoms with E-state index in [-0.39, 0.29) is 5.82 Å². The average Bonchev–Trinajstić information content (AvgIpc) is 2.33. The van der Waals surface area contributed by atoms with Crippen LogP contribution in [0.5, 0.6) is 0 Å². The lowest BCUT2D eigenvalue weighted by atomic mass is 9.82. The molecule has 0 bridgehead atoms. The molecular weight excluding hydrogens is 313 g/mol. The normalized spacial score (nSPS) is 11.6. The molecule has 0 atom stereocenters. The summed E-state index contributed by atoms with van der Waals surface area (Å²) < 4.78 is 13.9. The monoisotopic (exact) mass is 331 g/mol. The van der Waals surface area contributed by atoms with Gasteiger partial charge in [-0.1, -0.05) is 29.8 Å². The minimum atomic E-state index is -0.787. The summed E-state index contributed by atoms with van der Waals surface area (Å²) in [5.74, 6) is -1.09. The van der Waals surface area contributed by atoms with Gasteiger partial charge in [-0.05, 0) is 36.6 Å². The molecule has 0 saturated carbocycles. The van der Waals surface area contributed by atoms with Gasteiger partial charge in [0.2, 0.25) is 0 Å². The molecule has 1 rings (SSSR count). The van der Waals surface area contributed by atoms with Crippen LogP contribution in [0.2, 0.25) is 0 Å². The van der Waals surface area contributed by atoms with Crippen LogP contribution in [0.4, 0.5) is 4.39 Å². The first-order valence-electron chi connectivity index (χ1n) is 6.32. The molecule has 0 unspecified atom stereocenters. The van der Waals surface area contributed by atoms with Crippen LogP contribution in [0.3, 0.4) is 0 Å². The Bertz CT molecular complexity index is 427. The van der Waals surface area contributed by atoms with E-state index in [0.717, 1.165) is 5.56 Å². The molecule has 0 aliphatic rings. The summed E-state index contributed by atoms with van der Waals surface area (Å²) in [5.41, 5.74) is 0.0447. The van der Waals surface area contributed by atoms with Gasteiger partial charge >= 0.3 is 5.97 Å². The fraction of sp³-hybridized carbons (Fsp3) is 0.500. The van der Waals surface area contributed by atoms with Crippen LogP contribution in [0.15, 0.2) is 22.7 Å². The molecule has 0 spiro atoms. The van der Waals surface area contributed by atoms with E-state index < -0.39 is 11.4 Å². The van der Waals surface area contributed by atoms with Gasteiger partial charge in [0.25, 0.3) is 0 Å². The van der Waals surface area contributed by atoms with Crippen molar-refractivity contribution in [3.8, 4) is 0 Å². The number of carbonyl (C=O) groups is 1. The Morgan fingerprint density at radius 2 is 2.00 bits per heavy atom. The minimum absolute atomic E-state index is 0.304. The highest BCUT2D eigenvalue weighted by Crippen LogP contribution is 2.26. The van der Waals surface area contributed by atoms with Gasteiger partial charge in [-0.2, -0.15) is 0 Å². The second kappa shape index (κ2) is 7.01. The van der Waals surface area contributed by atoms with Gasteiger partial charge in [0.05, 0.1) is 5.41 Å². The highest BCUT2D eigenvalue weighted by molar-refractivity contribution is 9.10. The molecule has 106 valence electrons. The molecule has 0 saturated heterocycles. The number of carboxylic acid groups (broad SMARTS) is 1. The summed E-state index contributed by atoms with van der Waals surface area (Å²) in [6, 6.07) is 4.65. The number of hydrogen-bond acceptors (Lipinski definition) is 2. The first kappa shape index (κ1) is 16.1. The fourth-order valence-electron chi connectivity index (χ4n) is 2.04. The largest absolute Gasteiger partial charge is 0.481 e. The van der Waals surface area contributed by atoms with Crippen LogP contribution in [0, 0.1) is 11.2 Å². The Balaban J connectivity index is 2.64. The van der Waals surface area contributed by atoms with Crippen LogP contribution in [-0.2, 0) is 11.3 Å². The summed E-state index contributed by atoms with van der Waals surface area (Å²) >= 11 is 3.23. The van der Waals surface area contributed by atoms with Gasteiger partial charge in [-0.3, -0.25) is 4.79 Å². The molecule has 3 nitrogen and oxygen atoms in total. The smallest absolute Gasteiger partial charge is 0.310 e. The summed E-state index contributed by atoms with van der Waals surface area (Å²) in [6.45, 7) is 4.57. The van der Waals surface area contributed by atoms with Gasteiger partial charge in [0, 0.05) is 17.6 Å². The van der Waals surface area contributed by atoms with E-state index in [2.05, 4.69) is 21.2 Å². The summed E-state index contributed by atoms with van der Waals surface area (Å²) in [6.07, 6.45) is 1.14. The van der Waals surface area contributed by atoms with Crippen molar-refractivity contribution in [3.63, 3.8) is 0 Å². The van der Waals surface area contributed by atoms with E-state index in [4.69, 9.17) is 0 Å². The molecule has 0 radical (unpaired) electrons. The molecule has 19 heavy (non-hydrogen) atoms. The molecule has 2 N–H and O–H groups in total. The summed E-state index contributed by atoms with van der Waals surface area (Å²) in [5, 5.41) is 12.4. The van der Waals surface area contributed by atoms with Crippen LogP contribution < -0.4 is 5.32 Å².